The zero-order valence-corrected chi connectivity index (χ0v) is 8.76. The molecule has 0 spiro atoms. The number of carbonyl (C=O) groups is 3. The molecule has 0 bridgehead atoms. The molecule has 1 aromatic carbocycles. The molecule has 6 heteroatoms. The Kier molecular flexibility index (Phi) is 2.34. The molecule has 0 saturated heterocycles. The summed E-state index contributed by atoms with van der Waals surface area (Å²) in [5.41, 5.74) is -0.448. The molecule has 2 N–H and O–H groups in total. The van der Waals surface area contributed by atoms with E-state index in [1.807, 2.05) is 0 Å². The van der Waals surface area contributed by atoms with Crippen molar-refractivity contribution >= 4 is 17.5 Å². The second-order valence-electron chi connectivity index (χ2n) is 3.60. The molecular weight excluding hydrogens is 228 g/mol. The first-order valence-electron chi connectivity index (χ1n) is 4.71. The van der Waals surface area contributed by atoms with Gasteiger partial charge in [-0.05, 0) is 6.07 Å². The third kappa shape index (κ3) is 1.54. The lowest BCUT2D eigenvalue weighted by Gasteiger charge is -2.09. The first-order chi connectivity index (χ1) is 7.85. The summed E-state index contributed by atoms with van der Waals surface area (Å²) in [6.07, 6.45) is 0. The third-order valence-electron chi connectivity index (χ3n) is 2.38. The number of Topliss-reactive ketones (excluding diaryl/α,β-unsaturated/α-hetero) is 2. The van der Waals surface area contributed by atoms with Gasteiger partial charge in [0.15, 0.2) is 0 Å². The van der Waals surface area contributed by atoms with Crippen LogP contribution in [0.5, 0.6) is 5.75 Å². The largest absolute Gasteiger partial charge is 0.426 e. The van der Waals surface area contributed by atoms with Crippen LogP contribution in [0.25, 0.3) is 0 Å². The maximum absolute atomic E-state index is 11.6. The lowest BCUT2D eigenvalue weighted by Crippen LogP contribution is -2.40. The van der Waals surface area contributed by atoms with E-state index in [1.54, 1.807) is 0 Å². The van der Waals surface area contributed by atoms with Crippen molar-refractivity contribution in [2.75, 3.05) is 0 Å². The van der Waals surface area contributed by atoms with Gasteiger partial charge < -0.3 is 14.9 Å². The number of hydrogen-bond donors (Lipinski definition) is 2. The van der Waals surface area contributed by atoms with Gasteiger partial charge in [-0.3, -0.25) is 14.4 Å². The minimum atomic E-state index is -3.07. The number of esters is 1. The Bertz CT molecular complexity index is 543. The van der Waals surface area contributed by atoms with Crippen molar-refractivity contribution < 1.29 is 29.3 Å². The maximum Gasteiger partial charge on any atom is 0.308 e. The summed E-state index contributed by atoms with van der Waals surface area (Å²) in [4.78, 5) is 33.9. The van der Waals surface area contributed by atoms with Crippen molar-refractivity contribution in [3.8, 4) is 5.75 Å². The van der Waals surface area contributed by atoms with Crippen LogP contribution in [-0.2, 0) is 4.79 Å². The molecule has 0 unspecified atom stereocenters. The van der Waals surface area contributed by atoms with Crippen LogP contribution in [-0.4, -0.2) is 33.5 Å². The lowest BCUT2D eigenvalue weighted by atomic mass is 10.1. The van der Waals surface area contributed by atoms with Gasteiger partial charge >= 0.3 is 5.97 Å². The Morgan fingerprint density at radius 1 is 1.24 bits per heavy atom. The number of hydrogen-bond acceptors (Lipinski definition) is 6. The monoisotopic (exact) mass is 236 g/mol. The molecule has 1 aliphatic rings. The fraction of sp³-hybridized carbons (Fsp3) is 0.182. The van der Waals surface area contributed by atoms with E-state index in [9.17, 15) is 24.6 Å². The van der Waals surface area contributed by atoms with Gasteiger partial charge in [0.1, 0.15) is 5.75 Å². The highest BCUT2D eigenvalue weighted by Gasteiger charge is 2.52. The number of ether oxygens (including phenoxy) is 1. The first-order valence-corrected chi connectivity index (χ1v) is 4.71. The number of aliphatic hydroxyl groups is 2. The van der Waals surface area contributed by atoms with Crippen molar-refractivity contribution in [1.29, 1.82) is 0 Å². The van der Waals surface area contributed by atoms with Gasteiger partial charge in [0, 0.05) is 12.5 Å². The molecule has 0 aromatic heterocycles. The smallest absolute Gasteiger partial charge is 0.308 e. The van der Waals surface area contributed by atoms with Crippen LogP contribution in [0, 0.1) is 0 Å². The Balaban J connectivity index is 2.63. The number of rotatable bonds is 1. The van der Waals surface area contributed by atoms with Crippen LogP contribution in [0.2, 0.25) is 0 Å². The van der Waals surface area contributed by atoms with Gasteiger partial charge in [0.2, 0.25) is 11.6 Å². The van der Waals surface area contributed by atoms with E-state index in [0.29, 0.717) is 0 Å². The van der Waals surface area contributed by atoms with Crippen molar-refractivity contribution in [2.45, 2.75) is 12.7 Å². The van der Waals surface area contributed by atoms with Crippen molar-refractivity contribution in [3.05, 3.63) is 29.3 Å². The molecule has 1 aromatic rings. The Hall–Kier alpha value is -2.05. The van der Waals surface area contributed by atoms with Crippen LogP contribution in [0.1, 0.15) is 27.6 Å². The summed E-state index contributed by atoms with van der Waals surface area (Å²) in [6, 6.07) is 3.94. The predicted octanol–water partition coefficient (Wildman–Crippen LogP) is -0.328. The topological polar surface area (TPSA) is 101 Å². The highest BCUT2D eigenvalue weighted by atomic mass is 16.5. The average Bonchev–Trinajstić information content (AvgIpc) is 2.41. The zero-order chi connectivity index (χ0) is 12.8. The second kappa shape index (κ2) is 3.47. The molecule has 0 atom stereocenters. The third-order valence-corrected chi connectivity index (χ3v) is 2.38. The molecule has 0 aliphatic heterocycles. The summed E-state index contributed by atoms with van der Waals surface area (Å²) < 4.78 is 4.73. The van der Waals surface area contributed by atoms with Gasteiger partial charge in [0.25, 0.3) is 5.79 Å². The van der Waals surface area contributed by atoms with Gasteiger partial charge in [-0.25, -0.2) is 0 Å². The van der Waals surface area contributed by atoms with Crippen LogP contribution in [0.4, 0.5) is 0 Å². The van der Waals surface area contributed by atoms with E-state index in [1.165, 1.54) is 18.2 Å². The molecule has 0 saturated carbocycles. The standard InChI is InChI=1S/C11H8O6/c1-5(12)17-7-4-2-3-6-8(7)10(14)11(15,16)9(6)13/h2-4,15-16H,1H3. The fourth-order valence-corrected chi connectivity index (χ4v) is 1.66. The van der Waals surface area contributed by atoms with Gasteiger partial charge in [-0.1, -0.05) is 12.1 Å². The SMILES string of the molecule is CC(=O)Oc1cccc2c1C(=O)C(O)(O)C2=O. The average molecular weight is 236 g/mol. The van der Waals surface area contributed by atoms with Crippen molar-refractivity contribution in [1.82, 2.24) is 0 Å². The van der Waals surface area contributed by atoms with Gasteiger partial charge in [0.05, 0.1) is 5.56 Å². The Labute approximate surface area is 95.4 Å². The fourth-order valence-electron chi connectivity index (χ4n) is 1.66. The van der Waals surface area contributed by atoms with Crippen LogP contribution in [0.3, 0.4) is 0 Å². The van der Waals surface area contributed by atoms with E-state index >= 15 is 0 Å². The van der Waals surface area contributed by atoms with Crippen LogP contribution >= 0.6 is 0 Å². The minimum absolute atomic E-state index is 0.154. The number of carbonyl (C=O) groups excluding carboxylic acids is 3. The van der Waals surface area contributed by atoms with E-state index < -0.39 is 23.3 Å². The highest BCUT2D eigenvalue weighted by molar-refractivity contribution is 6.31. The first kappa shape index (κ1) is 11.4. The Morgan fingerprint density at radius 2 is 1.88 bits per heavy atom. The zero-order valence-electron chi connectivity index (χ0n) is 8.76. The van der Waals surface area contributed by atoms with Gasteiger partial charge in [-0.2, -0.15) is 0 Å². The van der Waals surface area contributed by atoms with E-state index in [0.717, 1.165) is 6.92 Å². The van der Waals surface area contributed by atoms with Gasteiger partial charge in [-0.15, -0.1) is 0 Å². The van der Waals surface area contributed by atoms with Crippen molar-refractivity contribution in [3.63, 3.8) is 0 Å². The van der Waals surface area contributed by atoms with E-state index in [4.69, 9.17) is 4.74 Å². The predicted molar refractivity (Wildman–Crippen MR) is 53.6 cm³/mol. The molecule has 0 amide bonds. The summed E-state index contributed by atoms with van der Waals surface area (Å²) in [7, 11) is 0. The summed E-state index contributed by atoms with van der Waals surface area (Å²) in [6.45, 7) is 1.13. The Morgan fingerprint density at radius 3 is 2.47 bits per heavy atom. The summed E-state index contributed by atoms with van der Waals surface area (Å²) in [5.74, 6) is -6.20. The van der Waals surface area contributed by atoms with E-state index in [-0.39, 0.29) is 16.9 Å². The number of ketones is 2. The molecule has 0 fully saturated rings. The molecule has 6 nitrogen and oxygen atoms in total. The lowest BCUT2D eigenvalue weighted by molar-refractivity contribution is -0.131. The van der Waals surface area contributed by atoms with Crippen molar-refractivity contribution in [2.24, 2.45) is 0 Å². The molecular formula is C11H8O6. The quantitative estimate of drug-likeness (QED) is 0.300. The molecule has 0 heterocycles. The van der Waals surface area contributed by atoms with Crippen LogP contribution < -0.4 is 4.74 Å². The highest BCUT2D eigenvalue weighted by Crippen LogP contribution is 2.34. The second-order valence-corrected chi connectivity index (χ2v) is 3.60. The molecule has 0 radical (unpaired) electrons. The molecule has 17 heavy (non-hydrogen) atoms. The van der Waals surface area contributed by atoms with E-state index in [2.05, 4.69) is 0 Å². The van der Waals surface area contributed by atoms with Crippen LogP contribution in [0.15, 0.2) is 18.2 Å². The maximum atomic E-state index is 11.6. The summed E-state index contributed by atoms with van der Waals surface area (Å²) >= 11 is 0. The number of fused-ring (bicyclic) bond motifs is 1. The normalized spacial score (nSPS) is 16.9. The molecule has 88 valence electrons. The molecule has 2 rings (SSSR count). The minimum Gasteiger partial charge on any atom is -0.426 e. The molecule has 1 aliphatic carbocycles. The summed E-state index contributed by atoms with van der Waals surface area (Å²) in [5, 5.41) is 18.7. The number of benzene rings is 1.